The number of aromatic nitrogens is 3. The van der Waals surface area contributed by atoms with Crippen LogP contribution in [0.25, 0.3) is 0 Å². The highest BCUT2D eigenvalue weighted by Gasteiger charge is 2.32. The Morgan fingerprint density at radius 1 is 1.26 bits per heavy atom. The standard InChI is InChI=1S/C19H24ClN5O2/c1-13(2)25-17-12-24(19(26)15-4-3-5-18(20)21-15)10-14(17)16(22-25)11-23-6-8-27-9-7-23/h3-5,13H,6-12H2,1-2H3. The second-order valence-electron chi connectivity index (χ2n) is 7.31. The third kappa shape index (κ3) is 3.72. The van der Waals surface area contributed by atoms with E-state index in [0.717, 1.165) is 44.2 Å². The third-order valence-corrected chi connectivity index (χ3v) is 5.29. The van der Waals surface area contributed by atoms with Gasteiger partial charge in [-0.2, -0.15) is 5.10 Å². The minimum atomic E-state index is -0.0960. The first-order valence-corrected chi connectivity index (χ1v) is 9.72. The average molecular weight is 390 g/mol. The highest BCUT2D eigenvalue weighted by atomic mass is 35.5. The summed E-state index contributed by atoms with van der Waals surface area (Å²) in [6.45, 7) is 9.50. The van der Waals surface area contributed by atoms with E-state index in [1.165, 1.54) is 5.56 Å². The quantitative estimate of drug-likeness (QED) is 0.752. The Hall–Kier alpha value is -1.96. The van der Waals surface area contributed by atoms with Gasteiger partial charge in [0, 0.05) is 31.2 Å². The zero-order valence-corrected chi connectivity index (χ0v) is 16.4. The molecular weight excluding hydrogens is 366 g/mol. The summed E-state index contributed by atoms with van der Waals surface area (Å²) < 4.78 is 7.50. The van der Waals surface area contributed by atoms with Gasteiger partial charge in [0.1, 0.15) is 10.8 Å². The van der Waals surface area contributed by atoms with Crippen LogP contribution in [0.2, 0.25) is 5.15 Å². The van der Waals surface area contributed by atoms with E-state index in [2.05, 4.69) is 28.4 Å². The van der Waals surface area contributed by atoms with Crippen molar-refractivity contribution in [2.45, 2.75) is 39.5 Å². The number of halogens is 1. The summed E-state index contributed by atoms with van der Waals surface area (Å²) in [6.07, 6.45) is 0. The van der Waals surface area contributed by atoms with Crippen LogP contribution in [-0.2, 0) is 24.4 Å². The van der Waals surface area contributed by atoms with Crippen molar-refractivity contribution in [1.82, 2.24) is 24.6 Å². The molecule has 1 saturated heterocycles. The molecule has 8 heteroatoms. The maximum atomic E-state index is 12.9. The monoisotopic (exact) mass is 389 g/mol. The normalized spacial score (nSPS) is 17.6. The molecule has 0 spiro atoms. The van der Waals surface area contributed by atoms with E-state index in [9.17, 15) is 4.79 Å². The van der Waals surface area contributed by atoms with Crippen molar-refractivity contribution in [3.63, 3.8) is 0 Å². The predicted octanol–water partition coefficient (Wildman–Crippen LogP) is 2.50. The van der Waals surface area contributed by atoms with Gasteiger partial charge in [0.25, 0.3) is 5.91 Å². The smallest absolute Gasteiger partial charge is 0.273 e. The van der Waals surface area contributed by atoms with Crippen LogP contribution in [0.3, 0.4) is 0 Å². The van der Waals surface area contributed by atoms with Crippen molar-refractivity contribution in [3.05, 3.63) is 46.0 Å². The lowest BCUT2D eigenvalue weighted by Gasteiger charge is -2.26. The van der Waals surface area contributed by atoms with E-state index < -0.39 is 0 Å². The molecule has 4 heterocycles. The van der Waals surface area contributed by atoms with Gasteiger partial charge in [-0.15, -0.1) is 0 Å². The van der Waals surface area contributed by atoms with Gasteiger partial charge in [0.2, 0.25) is 0 Å². The Morgan fingerprint density at radius 3 is 2.74 bits per heavy atom. The van der Waals surface area contributed by atoms with Crippen molar-refractivity contribution in [1.29, 1.82) is 0 Å². The number of pyridine rings is 1. The highest BCUT2D eigenvalue weighted by molar-refractivity contribution is 6.29. The molecule has 0 unspecified atom stereocenters. The number of hydrogen-bond acceptors (Lipinski definition) is 5. The molecule has 27 heavy (non-hydrogen) atoms. The summed E-state index contributed by atoms with van der Waals surface area (Å²) in [6, 6.07) is 5.39. The first-order valence-electron chi connectivity index (χ1n) is 9.34. The number of carbonyl (C=O) groups excluding carboxylic acids is 1. The molecule has 1 fully saturated rings. The molecular formula is C19H24ClN5O2. The lowest BCUT2D eigenvalue weighted by atomic mass is 10.2. The van der Waals surface area contributed by atoms with Crippen LogP contribution in [-0.4, -0.2) is 56.8 Å². The van der Waals surface area contributed by atoms with E-state index in [0.29, 0.717) is 23.9 Å². The van der Waals surface area contributed by atoms with Crippen LogP contribution in [0, 0.1) is 0 Å². The first-order chi connectivity index (χ1) is 13.0. The maximum Gasteiger partial charge on any atom is 0.273 e. The minimum absolute atomic E-state index is 0.0960. The molecule has 4 rings (SSSR count). The van der Waals surface area contributed by atoms with Gasteiger partial charge in [-0.25, -0.2) is 4.98 Å². The van der Waals surface area contributed by atoms with Crippen LogP contribution >= 0.6 is 11.6 Å². The molecule has 2 aliphatic rings. The van der Waals surface area contributed by atoms with E-state index >= 15 is 0 Å². The number of ether oxygens (including phenoxy) is 1. The summed E-state index contributed by atoms with van der Waals surface area (Å²) in [5, 5.41) is 5.20. The first kappa shape index (κ1) is 18.4. The molecule has 2 aromatic rings. The summed E-state index contributed by atoms with van der Waals surface area (Å²) in [4.78, 5) is 21.3. The number of rotatable bonds is 4. The number of fused-ring (bicyclic) bond motifs is 1. The van der Waals surface area contributed by atoms with Gasteiger partial charge in [0.15, 0.2) is 0 Å². The van der Waals surface area contributed by atoms with Gasteiger partial charge < -0.3 is 9.64 Å². The SMILES string of the molecule is CC(C)n1nc(CN2CCOCC2)c2c1CN(C(=O)c1cccc(Cl)n1)C2. The molecule has 0 bridgehead atoms. The van der Waals surface area contributed by atoms with Crippen molar-refractivity contribution in [3.8, 4) is 0 Å². The average Bonchev–Trinajstić information content (AvgIpc) is 3.22. The molecule has 7 nitrogen and oxygen atoms in total. The van der Waals surface area contributed by atoms with Crippen LogP contribution < -0.4 is 0 Å². The lowest BCUT2D eigenvalue weighted by molar-refractivity contribution is 0.0333. The molecule has 1 amide bonds. The van der Waals surface area contributed by atoms with E-state index in [-0.39, 0.29) is 11.9 Å². The van der Waals surface area contributed by atoms with Gasteiger partial charge >= 0.3 is 0 Å². The molecule has 2 aromatic heterocycles. The summed E-state index contributed by atoms with van der Waals surface area (Å²) in [7, 11) is 0. The molecule has 0 aliphatic carbocycles. The summed E-state index contributed by atoms with van der Waals surface area (Å²) >= 11 is 5.95. The molecule has 0 N–H and O–H groups in total. The second-order valence-corrected chi connectivity index (χ2v) is 7.69. The van der Waals surface area contributed by atoms with Crippen molar-refractivity contribution >= 4 is 17.5 Å². The van der Waals surface area contributed by atoms with Crippen molar-refractivity contribution < 1.29 is 9.53 Å². The van der Waals surface area contributed by atoms with Crippen LogP contribution in [0.4, 0.5) is 0 Å². The largest absolute Gasteiger partial charge is 0.379 e. The second kappa shape index (κ2) is 7.58. The third-order valence-electron chi connectivity index (χ3n) is 5.08. The fourth-order valence-electron chi connectivity index (χ4n) is 3.69. The Labute approximate surface area is 163 Å². The van der Waals surface area contributed by atoms with Crippen LogP contribution in [0.1, 0.15) is 47.3 Å². The molecule has 0 atom stereocenters. The topological polar surface area (TPSA) is 63.5 Å². The van der Waals surface area contributed by atoms with Crippen LogP contribution in [0.15, 0.2) is 18.2 Å². The number of morpholine rings is 1. The zero-order valence-electron chi connectivity index (χ0n) is 15.7. The molecule has 0 saturated carbocycles. The van der Waals surface area contributed by atoms with Gasteiger partial charge in [0.05, 0.1) is 37.7 Å². The van der Waals surface area contributed by atoms with Crippen molar-refractivity contribution in [2.75, 3.05) is 26.3 Å². The number of nitrogens with zero attached hydrogens (tertiary/aromatic N) is 5. The zero-order chi connectivity index (χ0) is 19.0. The van der Waals surface area contributed by atoms with Gasteiger partial charge in [-0.3, -0.25) is 14.4 Å². The number of carbonyl (C=O) groups is 1. The molecule has 0 aromatic carbocycles. The number of hydrogen-bond donors (Lipinski definition) is 0. The van der Waals surface area contributed by atoms with Gasteiger partial charge in [-0.05, 0) is 26.0 Å². The summed E-state index contributed by atoms with van der Waals surface area (Å²) in [5.74, 6) is -0.0960. The number of amides is 1. The summed E-state index contributed by atoms with van der Waals surface area (Å²) in [5.41, 5.74) is 3.75. The Balaban J connectivity index is 1.58. The fraction of sp³-hybridized carbons (Fsp3) is 0.526. The van der Waals surface area contributed by atoms with E-state index in [1.807, 2.05) is 4.90 Å². The molecule has 0 radical (unpaired) electrons. The Bertz CT molecular complexity index is 845. The Morgan fingerprint density at radius 2 is 2.04 bits per heavy atom. The fourth-order valence-corrected chi connectivity index (χ4v) is 3.86. The van der Waals surface area contributed by atoms with Crippen LogP contribution in [0.5, 0.6) is 0 Å². The lowest BCUT2D eigenvalue weighted by Crippen LogP contribution is -2.36. The maximum absolute atomic E-state index is 12.9. The minimum Gasteiger partial charge on any atom is -0.379 e. The van der Waals surface area contributed by atoms with Crippen molar-refractivity contribution in [2.24, 2.45) is 0 Å². The predicted molar refractivity (Wildman–Crippen MR) is 102 cm³/mol. The van der Waals surface area contributed by atoms with E-state index in [1.54, 1.807) is 18.2 Å². The molecule has 144 valence electrons. The van der Waals surface area contributed by atoms with Gasteiger partial charge in [-0.1, -0.05) is 17.7 Å². The van der Waals surface area contributed by atoms with E-state index in [4.69, 9.17) is 21.4 Å². The Kier molecular flexibility index (Phi) is 5.16. The molecule has 2 aliphatic heterocycles. The highest BCUT2D eigenvalue weighted by Crippen LogP contribution is 2.30.